The number of carbonyl (C=O) groups excluding carboxylic acids is 2. The summed E-state index contributed by atoms with van der Waals surface area (Å²) >= 11 is 0. The molecule has 27 heavy (non-hydrogen) atoms. The molecule has 0 radical (unpaired) electrons. The molecule has 136 valence electrons. The van der Waals surface area contributed by atoms with E-state index in [0.29, 0.717) is 17.8 Å². The van der Waals surface area contributed by atoms with E-state index >= 15 is 0 Å². The van der Waals surface area contributed by atoms with E-state index < -0.39 is 12.5 Å². The molecule has 0 fully saturated rings. The van der Waals surface area contributed by atoms with Crippen molar-refractivity contribution in [3.05, 3.63) is 59.9 Å². The number of nitrogens with zero attached hydrogens (tertiary/aromatic N) is 1. The molecule has 1 aliphatic heterocycles. The van der Waals surface area contributed by atoms with Gasteiger partial charge < -0.3 is 20.7 Å². The highest BCUT2D eigenvalue weighted by Gasteiger charge is 2.20. The predicted octanol–water partition coefficient (Wildman–Crippen LogP) is 1.96. The van der Waals surface area contributed by atoms with Crippen molar-refractivity contribution >= 4 is 17.5 Å². The number of aliphatic hydroxyl groups excluding tert-OH is 1. The quantitative estimate of drug-likeness (QED) is 0.569. The number of aromatic nitrogens is 2. The molecular formula is C20H18N4O3. The van der Waals surface area contributed by atoms with E-state index in [4.69, 9.17) is 5.11 Å². The number of H-pyrrole nitrogens is 1. The lowest BCUT2D eigenvalue weighted by molar-refractivity contribution is -0.118. The summed E-state index contributed by atoms with van der Waals surface area (Å²) in [6.07, 6.45) is 2.50. The van der Waals surface area contributed by atoms with Gasteiger partial charge in [-0.3, -0.25) is 14.6 Å². The van der Waals surface area contributed by atoms with Crippen molar-refractivity contribution in [3.63, 3.8) is 0 Å². The van der Waals surface area contributed by atoms with Crippen LogP contribution < -0.4 is 10.6 Å². The lowest BCUT2D eigenvalue weighted by Gasteiger charge is -2.11. The van der Waals surface area contributed by atoms with Crippen LogP contribution >= 0.6 is 0 Å². The summed E-state index contributed by atoms with van der Waals surface area (Å²) in [5, 5.41) is 14.3. The largest absolute Gasteiger partial charge is 0.387 e. The maximum absolute atomic E-state index is 12.0. The molecule has 2 amide bonds. The van der Waals surface area contributed by atoms with Crippen LogP contribution in [0.25, 0.3) is 22.5 Å². The van der Waals surface area contributed by atoms with Crippen molar-refractivity contribution in [2.24, 2.45) is 0 Å². The Morgan fingerprint density at radius 2 is 2.07 bits per heavy atom. The first-order chi connectivity index (χ1) is 13.1. The summed E-state index contributed by atoms with van der Waals surface area (Å²) in [7, 11) is 0. The number of anilines is 1. The monoisotopic (exact) mass is 362 g/mol. The number of aromatic amines is 1. The molecule has 3 aromatic rings. The van der Waals surface area contributed by atoms with Gasteiger partial charge in [-0.2, -0.15) is 0 Å². The molecule has 0 atom stereocenters. The van der Waals surface area contributed by atoms with Crippen LogP contribution in [0, 0.1) is 0 Å². The fourth-order valence-corrected chi connectivity index (χ4v) is 3.16. The SMILES string of the molecule is O=C(CO)Nc1cccc(-c2cc(-c3cc4c([nH]3)CCNC4=O)ccn2)c1. The molecular weight excluding hydrogens is 344 g/mol. The van der Waals surface area contributed by atoms with Gasteiger partial charge in [0.25, 0.3) is 5.91 Å². The Hall–Kier alpha value is -3.45. The lowest BCUT2D eigenvalue weighted by Crippen LogP contribution is -2.31. The van der Waals surface area contributed by atoms with E-state index in [1.807, 2.05) is 30.3 Å². The van der Waals surface area contributed by atoms with Gasteiger partial charge in [-0.05, 0) is 30.3 Å². The molecule has 0 unspecified atom stereocenters. The second-order valence-electron chi connectivity index (χ2n) is 6.30. The van der Waals surface area contributed by atoms with Crippen LogP contribution in [0.1, 0.15) is 16.1 Å². The number of amides is 2. The van der Waals surface area contributed by atoms with Crippen LogP contribution in [0.15, 0.2) is 48.7 Å². The van der Waals surface area contributed by atoms with Crippen molar-refractivity contribution in [1.82, 2.24) is 15.3 Å². The van der Waals surface area contributed by atoms with E-state index in [9.17, 15) is 9.59 Å². The second-order valence-corrected chi connectivity index (χ2v) is 6.30. The Morgan fingerprint density at radius 1 is 1.19 bits per heavy atom. The highest BCUT2D eigenvalue weighted by Crippen LogP contribution is 2.28. The number of aliphatic hydroxyl groups is 1. The second kappa shape index (κ2) is 7.05. The molecule has 2 aromatic heterocycles. The molecule has 3 heterocycles. The highest BCUT2D eigenvalue weighted by atomic mass is 16.3. The van der Waals surface area contributed by atoms with E-state index in [1.54, 1.807) is 18.3 Å². The number of nitrogens with one attached hydrogen (secondary N) is 3. The van der Waals surface area contributed by atoms with Gasteiger partial charge in [-0.1, -0.05) is 12.1 Å². The van der Waals surface area contributed by atoms with Crippen molar-refractivity contribution in [2.75, 3.05) is 18.5 Å². The molecule has 7 nitrogen and oxygen atoms in total. The molecule has 0 spiro atoms. The molecule has 0 aliphatic carbocycles. The third kappa shape index (κ3) is 3.45. The summed E-state index contributed by atoms with van der Waals surface area (Å²) in [6, 6.07) is 12.9. The van der Waals surface area contributed by atoms with Crippen molar-refractivity contribution in [2.45, 2.75) is 6.42 Å². The average Bonchev–Trinajstić information content (AvgIpc) is 3.14. The van der Waals surface area contributed by atoms with E-state index in [1.165, 1.54) is 0 Å². The number of fused-ring (bicyclic) bond motifs is 1. The van der Waals surface area contributed by atoms with Crippen LogP contribution in [-0.4, -0.2) is 40.0 Å². The van der Waals surface area contributed by atoms with Crippen LogP contribution in [0.4, 0.5) is 5.69 Å². The average molecular weight is 362 g/mol. The Kier molecular flexibility index (Phi) is 4.43. The Morgan fingerprint density at radius 3 is 2.89 bits per heavy atom. The van der Waals surface area contributed by atoms with Crippen molar-refractivity contribution in [3.8, 4) is 22.5 Å². The molecule has 4 N–H and O–H groups in total. The first-order valence-corrected chi connectivity index (χ1v) is 8.62. The summed E-state index contributed by atoms with van der Waals surface area (Å²) in [5.74, 6) is -0.524. The minimum absolute atomic E-state index is 0.0552. The summed E-state index contributed by atoms with van der Waals surface area (Å²) in [6.45, 7) is 0.0722. The molecule has 0 saturated heterocycles. The zero-order valence-electron chi connectivity index (χ0n) is 14.5. The van der Waals surface area contributed by atoms with Gasteiger partial charge in [0.05, 0.1) is 11.3 Å². The van der Waals surface area contributed by atoms with Gasteiger partial charge in [0.2, 0.25) is 5.91 Å². The predicted molar refractivity (Wildman–Crippen MR) is 101 cm³/mol. The molecule has 1 aliphatic rings. The van der Waals surface area contributed by atoms with Crippen LogP contribution in [0.2, 0.25) is 0 Å². The number of hydrogen-bond acceptors (Lipinski definition) is 4. The molecule has 0 saturated carbocycles. The zero-order valence-corrected chi connectivity index (χ0v) is 14.5. The number of rotatable bonds is 4. The van der Waals surface area contributed by atoms with Gasteiger partial charge in [0.15, 0.2) is 0 Å². The normalized spacial score (nSPS) is 13.0. The van der Waals surface area contributed by atoms with Crippen LogP contribution in [0.3, 0.4) is 0 Å². The minimum atomic E-state index is -0.566. The number of carbonyl (C=O) groups is 2. The molecule has 7 heteroatoms. The minimum Gasteiger partial charge on any atom is -0.387 e. The van der Waals surface area contributed by atoms with E-state index in [0.717, 1.165) is 34.6 Å². The third-order valence-corrected chi connectivity index (χ3v) is 4.46. The lowest BCUT2D eigenvalue weighted by atomic mass is 10.1. The zero-order chi connectivity index (χ0) is 18.8. The van der Waals surface area contributed by atoms with Crippen LogP contribution in [-0.2, 0) is 11.2 Å². The fraction of sp³-hybridized carbons (Fsp3) is 0.150. The molecule has 0 bridgehead atoms. The Balaban J connectivity index is 1.66. The maximum Gasteiger partial charge on any atom is 0.253 e. The topological polar surface area (TPSA) is 107 Å². The molecule has 1 aromatic carbocycles. The van der Waals surface area contributed by atoms with Gasteiger partial charge in [-0.25, -0.2) is 0 Å². The fourth-order valence-electron chi connectivity index (χ4n) is 3.16. The van der Waals surface area contributed by atoms with Gasteiger partial charge in [0, 0.05) is 47.4 Å². The molecule has 4 rings (SSSR count). The van der Waals surface area contributed by atoms with Gasteiger partial charge in [0.1, 0.15) is 6.61 Å². The smallest absolute Gasteiger partial charge is 0.253 e. The van der Waals surface area contributed by atoms with E-state index in [2.05, 4.69) is 20.6 Å². The first kappa shape index (κ1) is 17.0. The summed E-state index contributed by atoms with van der Waals surface area (Å²) in [5.41, 5.74) is 5.58. The summed E-state index contributed by atoms with van der Waals surface area (Å²) in [4.78, 5) is 31.1. The van der Waals surface area contributed by atoms with Gasteiger partial charge >= 0.3 is 0 Å². The van der Waals surface area contributed by atoms with Crippen molar-refractivity contribution < 1.29 is 14.7 Å². The maximum atomic E-state index is 12.0. The summed E-state index contributed by atoms with van der Waals surface area (Å²) < 4.78 is 0. The third-order valence-electron chi connectivity index (χ3n) is 4.46. The Labute approximate surface area is 155 Å². The number of hydrogen-bond donors (Lipinski definition) is 4. The van der Waals surface area contributed by atoms with Crippen LogP contribution in [0.5, 0.6) is 0 Å². The van der Waals surface area contributed by atoms with E-state index in [-0.39, 0.29) is 5.91 Å². The van der Waals surface area contributed by atoms with Crippen molar-refractivity contribution in [1.29, 1.82) is 0 Å². The van der Waals surface area contributed by atoms with Gasteiger partial charge in [-0.15, -0.1) is 0 Å². The first-order valence-electron chi connectivity index (χ1n) is 8.62. The number of pyridine rings is 1. The highest BCUT2D eigenvalue weighted by molar-refractivity contribution is 5.98. The Bertz CT molecular complexity index is 1030. The number of benzene rings is 1. The standard InChI is InChI=1S/C20H18N4O3/c25-11-19(26)23-14-3-1-2-12(8-14)17-9-13(4-6-21-17)18-10-15-16(24-18)5-7-22-20(15)27/h1-4,6,8-10,24-25H,5,7,11H2,(H,22,27)(H,23,26).